The number of nitrogens with zero attached hydrogens (tertiary/aromatic N) is 1. The Morgan fingerprint density at radius 1 is 1.42 bits per heavy atom. The second-order valence-corrected chi connectivity index (χ2v) is 4.56. The zero-order chi connectivity index (χ0) is 9.35. The summed E-state index contributed by atoms with van der Waals surface area (Å²) in [4.78, 5) is 3.83. The van der Waals surface area contributed by atoms with Gasteiger partial charge >= 0.3 is 0 Å². The maximum absolute atomic E-state index is 11.0. The van der Waals surface area contributed by atoms with E-state index in [9.17, 15) is 8.42 Å². The molecule has 5 heteroatoms. The van der Waals surface area contributed by atoms with Crippen molar-refractivity contribution in [3.63, 3.8) is 0 Å². The molecule has 0 aliphatic rings. The van der Waals surface area contributed by atoms with E-state index >= 15 is 0 Å². The molecule has 0 N–H and O–H groups in total. The van der Waals surface area contributed by atoms with Crippen molar-refractivity contribution in [2.45, 2.75) is 11.9 Å². The second kappa shape index (κ2) is 2.90. The molecule has 0 fully saturated rings. The molecule has 0 bridgehead atoms. The van der Waals surface area contributed by atoms with Crippen LogP contribution in [-0.4, -0.2) is 27.5 Å². The highest BCUT2D eigenvalue weighted by molar-refractivity contribution is 7.90. The summed E-state index contributed by atoms with van der Waals surface area (Å²) in [5.74, 6) is 0. The minimum absolute atomic E-state index is 0.0641. The van der Waals surface area contributed by atoms with Gasteiger partial charge in [-0.1, -0.05) is 11.5 Å². The van der Waals surface area contributed by atoms with Gasteiger partial charge in [0.15, 0.2) is 14.9 Å². The van der Waals surface area contributed by atoms with Crippen LogP contribution < -0.4 is 5.46 Å². The first-order valence-electron chi connectivity index (χ1n) is 3.34. The lowest BCUT2D eigenvalue weighted by Crippen LogP contribution is -2.12. The van der Waals surface area contributed by atoms with E-state index < -0.39 is 9.84 Å². The van der Waals surface area contributed by atoms with E-state index in [4.69, 9.17) is 7.85 Å². The monoisotopic (exact) mass is 181 g/mol. The average Bonchev–Trinajstić information content (AvgIpc) is 1.92. The summed E-state index contributed by atoms with van der Waals surface area (Å²) in [6.45, 7) is 1.67. The van der Waals surface area contributed by atoms with E-state index in [1.807, 2.05) is 0 Å². The lowest BCUT2D eigenvalue weighted by molar-refractivity contribution is 0.598. The van der Waals surface area contributed by atoms with Gasteiger partial charge in [0.2, 0.25) is 0 Å². The van der Waals surface area contributed by atoms with Crippen LogP contribution in [0.5, 0.6) is 0 Å². The van der Waals surface area contributed by atoms with Gasteiger partial charge in [-0.3, -0.25) is 0 Å². The summed E-state index contributed by atoms with van der Waals surface area (Å²) >= 11 is 0. The minimum Gasteiger partial charge on any atom is -0.242 e. The van der Waals surface area contributed by atoms with E-state index in [2.05, 4.69) is 4.98 Å². The van der Waals surface area contributed by atoms with Crippen molar-refractivity contribution >= 4 is 23.1 Å². The third kappa shape index (κ3) is 1.85. The summed E-state index contributed by atoms with van der Waals surface area (Å²) in [5.41, 5.74) is 1.04. The van der Waals surface area contributed by atoms with Crippen molar-refractivity contribution in [3.05, 3.63) is 17.8 Å². The van der Waals surface area contributed by atoms with Crippen molar-refractivity contribution in [1.82, 2.24) is 4.98 Å². The van der Waals surface area contributed by atoms with Gasteiger partial charge in [0.1, 0.15) is 7.85 Å². The van der Waals surface area contributed by atoms with Crippen LogP contribution in [0.3, 0.4) is 0 Å². The molecule has 0 aromatic carbocycles. The number of hydrogen-bond acceptors (Lipinski definition) is 3. The lowest BCUT2D eigenvalue weighted by atomic mass is 9.95. The normalized spacial score (nSPS) is 11.5. The van der Waals surface area contributed by atoms with E-state index in [1.165, 1.54) is 6.07 Å². The van der Waals surface area contributed by atoms with Crippen molar-refractivity contribution in [2.24, 2.45) is 0 Å². The highest BCUT2D eigenvalue weighted by Crippen LogP contribution is 2.03. The molecule has 12 heavy (non-hydrogen) atoms. The quantitative estimate of drug-likeness (QED) is 0.553. The Morgan fingerprint density at radius 3 is 2.42 bits per heavy atom. The lowest BCUT2D eigenvalue weighted by Gasteiger charge is -2.01. The van der Waals surface area contributed by atoms with Gasteiger partial charge in [-0.05, 0) is 13.0 Å². The molecule has 1 aromatic rings. The molecule has 1 heterocycles. The molecular formula is C7H8BNO2S. The first-order chi connectivity index (χ1) is 5.41. The van der Waals surface area contributed by atoms with E-state index in [0.29, 0.717) is 11.2 Å². The highest BCUT2D eigenvalue weighted by atomic mass is 32.2. The van der Waals surface area contributed by atoms with Crippen molar-refractivity contribution < 1.29 is 8.42 Å². The fraction of sp³-hybridized carbons (Fsp3) is 0.286. The van der Waals surface area contributed by atoms with E-state index in [-0.39, 0.29) is 5.03 Å². The molecule has 2 radical (unpaired) electrons. The molecule has 0 saturated carbocycles. The summed E-state index contributed by atoms with van der Waals surface area (Å²) in [5, 5.41) is 0.0641. The third-order valence-corrected chi connectivity index (χ3v) is 2.47. The number of sulfone groups is 1. The summed E-state index contributed by atoms with van der Waals surface area (Å²) in [6, 6.07) is 2.94. The van der Waals surface area contributed by atoms with Crippen LogP contribution >= 0.6 is 0 Å². The number of pyridine rings is 1. The number of aryl methyl sites for hydroxylation is 1. The average molecular weight is 181 g/mol. The number of rotatable bonds is 1. The molecule has 0 amide bonds. The van der Waals surface area contributed by atoms with Crippen LogP contribution in [0.4, 0.5) is 0 Å². The summed E-state index contributed by atoms with van der Waals surface area (Å²) in [6.07, 6.45) is 1.12. The van der Waals surface area contributed by atoms with Gasteiger partial charge in [0.25, 0.3) is 0 Å². The predicted octanol–water partition coefficient (Wildman–Crippen LogP) is -0.413. The standard InChI is InChI=1S/C7H8BNO2S/c1-5-6(8)3-4-7(9-5)12(2,10)11/h3-4H,1-2H3. The van der Waals surface area contributed by atoms with E-state index in [1.54, 1.807) is 13.0 Å². The van der Waals surface area contributed by atoms with Crippen molar-refractivity contribution in [2.75, 3.05) is 6.26 Å². The van der Waals surface area contributed by atoms with Gasteiger partial charge in [0.05, 0.1) is 0 Å². The molecule has 3 nitrogen and oxygen atoms in total. The Hall–Kier alpha value is -0.835. The highest BCUT2D eigenvalue weighted by Gasteiger charge is 2.08. The van der Waals surface area contributed by atoms with Gasteiger partial charge in [-0.25, -0.2) is 13.4 Å². The van der Waals surface area contributed by atoms with Gasteiger partial charge < -0.3 is 0 Å². The third-order valence-electron chi connectivity index (χ3n) is 1.48. The maximum atomic E-state index is 11.0. The molecule has 0 unspecified atom stereocenters. The predicted molar refractivity (Wildman–Crippen MR) is 47.5 cm³/mol. The van der Waals surface area contributed by atoms with Crippen LogP contribution in [0.1, 0.15) is 5.69 Å². The Labute approximate surface area is 73.2 Å². The summed E-state index contributed by atoms with van der Waals surface area (Å²) in [7, 11) is 2.27. The Balaban J connectivity index is 3.33. The zero-order valence-corrected chi connectivity index (χ0v) is 7.72. The molecular weight excluding hydrogens is 173 g/mol. The Bertz CT molecular complexity index is 400. The number of hydrogen-bond donors (Lipinski definition) is 0. The van der Waals surface area contributed by atoms with E-state index in [0.717, 1.165) is 6.26 Å². The van der Waals surface area contributed by atoms with Crippen molar-refractivity contribution in [1.29, 1.82) is 0 Å². The topological polar surface area (TPSA) is 47.0 Å². The molecule has 0 aliphatic heterocycles. The molecule has 62 valence electrons. The number of aromatic nitrogens is 1. The smallest absolute Gasteiger partial charge is 0.192 e. The maximum Gasteiger partial charge on any atom is 0.192 e. The van der Waals surface area contributed by atoms with Crippen LogP contribution in [0, 0.1) is 6.92 Å². The SMILES string of the molecule is [B]c1ccc(S(C)(=O)=O)nc1C. The van der Waals surface area contributed by atoms with Crippen LogP contribution in [0.15, 0.2) is 17.2 Å². The van der Waals surface area contributed by atoms with Gasteiger partial charge in [-0.15, -0.1) is 0 Å². The van der Waals surface area contributed by atoms with Crippen molar-refractivity contribution in [3.8, 4) is 0 Å². The molecule has 0 spiro atoms. The summed E-state index contributed by atoms with van der Waals surface area (Å²) < 4.78 is 22.0. The zero-order valence-electron chi connectivity index (χ0n) is 6.90. The second-order valence-electron chi connectivity index (χ2n) is 2.60. The fourth-order valence-corrected chi connectivity index (χ4v) is 1.37. The Kier molecular flexibility index (Phi) is 2.23. The molecule has 0 aliphatic carbocycles. The molecule has 1 rings (SSSR count). The Morgan fingerprint density at radius 2 is 2.00 bits per heavy atom. The first-order valence-corrected chi connectivity index (χ1v) is 5.23. The molecule has 1 aromatic heterocycles. The molecule has 0 saturated heterocycles. The minimum atomic E-state index is -3.21. The van der Waals surface area contributed by atoms with Gasteiger partial charge in [0, 0.05) is 11.9 Å². The molecule has 0 atom stereocenters. The van der Waals surface area contributed by atoms with Crippen LogP contribution in [0.25, 0.3) is 0 Å². The largest absolute Gasteiger partial charge is 0.242 e. The van der Waals surface area contributed by atoms with Gasteiger partial charge in [-0.2, -0.15) is 0 Å². The van der Waals surface area contributed by atoms with Crippen LogP contribution in [-0.2, 0) is 9.84 Å². The fourth-order valence-electron chi connectivity index (χ4n) is 0.755. The van der Waals surface area contributed by atoms with Crippen LogP contribution in [0.2, 0.25) is 0 Å². The first kappa shape index (κ1) is 9.25.